The molecule has 0 radical (unpaired) electrons. The van der Waals surface area contributed by atoms with Crippen LogP contribution in [-0.2, 0) is 9.53 Å². The minimum absolute atomic E-state index is 0.0823. The molecule has 0 aromatic heterocycles. The summed E-state index contributed by atoms with van der Waals surface area (Å²) in [5.41, 5.74) is 0. The Bertz CT molecular complexity index is 449. The van der Waals surface area contributed by atoms with E-state index in [0.29, 0.717) is 20.8 Å². The molecule has 1 unspecified atom stereocenters. The molecular weight excluding hydrogens is 310 g/mol. The highest BCUT2D eigenvalue weighted by Gasteiger charge is 2.10. The van der Waals surface area contributed by atoms with E-state index in [-0.39, 0.29) is 25.1 Å². The van der Waals surface area contributed by atoms with Gasteiger partial charge in [0.05, 0.1) is 34.2 Å². The van der Waals surface area contributed by atoms with Gasteiger partial charge in [-0.3, -0.25) is 4.79 Å². The first-order valence-electron chi connectivity index (χ1n) is 5.90. The largest absolute Gasteiger partial charge is 0.491 e. The number of rotatable bonds is 6. The molecule has 0 heterocycles. The average molecular weight is 326 g/mol. The Hall–Kier alpha value is -0.640. The predicted molar refractivity (Wildman–Crippen MR) is 77.4 cm³/mol. The molecule has 0 bridgehead atoms. The zero-order valence-corrected chi connectivity index (χ0v) is 13.0. The Kier molecular flexibility index (Phi) is 6.76. The minimum Gasteiger partial charge on any atom is -0.491 e. The number of carbonyl (C=O) groups excluding carboxylic acids is 1. The van der Waals surface area contributed by atoms with E-state index in [9.17, 15) is 4.79 Å². The van der Waals surface area contributed by atoms with Gasteiger partial charge >= 0.3 is 5.97 Å². The first kappa shape index (κ1) is 16.4. The fraction of sp³-hybridized carbons (Fsp3) is 0.462. The summed E-state index contributed by atoms with van der Waals surface area (Å²) in [6.45, 7) is 3.96. The highest BCUT2D eigenvalue weighted by Crippen LogP contribution is 2.33. The van der Waals surface area contributed by atoms with Crippen LogP contribution in [0.1, 0.15) is 26.7 Å². The third kappa shape index (κ3) is 5.47. The van der Waals surface area contributed by atoms with Crippen LogP contribution in [0.15, 0.2) is 12.1 Å². The van der Waals surface area contributed by atoms with Crippen LogP contribution in [-0.4, -0.2) is 18.7 Å². The zero-order valence-electron chi connectivity index (χ0n) is 10.7. The van der Waals surface area contributed by atoms with Crippen molar-refractivity contribution in [3.63, 3.8) is 0 Å². The molecule has 19 heavy (non-hydrogen) atoms. The van der Waals surface area contributed by atoms with Crippen molar-refractivity contribution in [2.24, 2.45) is 0 Å². The van der Waals surface area contributed by atoms with Gasteiger partial charge in [0.25, 0.3) is 0 Å². The SMILES string of the molecule is CCC(C)OC(=O)CCOc1cc(Cl)c(Cl)cc1Cl. The lowest BCUT2D eigenvalue weighted by molar-refractivity contribution is -0.148. The Morgan fingerprint density at radius 3 is 2.47 bits per heavy atom. The monoisotopic (exact) mass is 324 g/mol. The van der Waals surface area contributed by atoms with Crippen LogP contribution >= 0.6 is 34.8 Å². The highest BCUT2D eigenvalue weighted by molar-refractivity contribution is 6.43. The van der Waals surface area contributed by atoms with Gasteiger partial charge in [-0.15, -0.1) is 0 Å². The molecule has 1 aromatic rings. The van der Waals surface area contributed by atoms with Gasteiger partial charge in [0, 0.05) is 6.07 Å². The minimum atomic E-state index is -0.300. The van der Waals surface area contributed by atoms with Crippen molar-refractivity contribution >= 4 is 40.8 Å². The molecule has 106 valence electrons. The number of esters is 1. The van der Waals surface area contributed by atoms with E-state index in [1.165, 1.54) is 12.1 Å². The van der Waals surface area contributed by atoms with Crippen molar-refractivity contribution < 1.29 is 14.3 Å². The molecular formula is C13H15Cl3O3. The van der Waals surface area contributed by atoms with Crippen LogP contribution in [0, 0.1) is 0 Å². The van der Waals surface area contributed by atoms with Gasteiger partial charge in [0.1, 0.15) is 5.75 Å². The molecule has 1 aromatic carbocycles. The van der Waals surface area contributed by atoms with Crippen LogP contribution in [0.5, 0.6) is 5.75 Å². The summed E-state index contributed by atoms with van der Waals surface area (Å²) in [4.78, 5) is 11.4. The van der Waals surface area contributed by atoms with Gasteiger partial charge < -0.3 is 9.47 Å². The van der Waals surface area contributed by atoms with Crippen LogP contribution < -0.4 is 4.74 Å². The summed E-state index contributed by atoms with van der Waals surface area (Å²) in [5, 5.41) is 1.06. The maximum Gasteiger partial charge on any atom is 0.309 e. The van der Waals surface area contributed by atoms with Crippen LogP contribution in [0.4, 0.5) is 0 Å². The van der Waals surface area contributed by atoms with E-state index >= 15 is 0 Å². The average Bonchev–Trinajstić information content (AvgIpc) is 2.35. The maximum atomic E-state index is 11.4. The van der Waals surface area contributed by atoms with Crippen molar-refractivity contribution in [3.05, 3.63) is 27.2 Å². The predicted octanol–water partition coefficient (Wildman–Crippen LogP) is 4.76. The summed E-state index contributed by atoms with van der Waals surface area (Å²) >= 11 is 17.6. The second kappa shape index (κ2) is 7.83. The number of carbonyl (C=O) groups is 1. The summed E-state index contributed by atoms with van der Waals surface area (Å²) in [7, 11) is 0. The Morgan fingerprint density at radius 2 is 1.84 bits per heavy atom. The van der Waals surface area contributed by atoms with Crippen LogP contribution in [0.3, 0.4) is 0 Å². The third-order valence-electron chi connectivity index (χ3n) is 2.45. The molecule has 0 amide bonds. The van der Waals surface area contributed by atoms with Crippen LogP contribution in [0.2, 0.25) is 15.1 Å². The molecule has 0 aliphatic rings. The van der Waals surface area contributed by atoms with E-state index in [0.717, 1.165) is 6.42 Å². The van der Waals surface area contributed by atoms with E-state index in [2.05, 4.69) is 0 Å². The summed E-state index contributed by atoms with van der Waals surface area (Å²) < 4.78 is 10.5. The Morgan fingerprint density at radius 1 is 1.21 bits per heavy atom. The molecule has 0 spiro atoms. The van der Waals surface area contributed by atoms with Gasteiger partial charge in [0.2, 0.25) is 0 Å². The molecule has 1 atom stereocenters. The molecule has 0 saturated carbocycles. The second-order valence-corrected chi connectivity index (χ2v) is 5.23. The molecule has 0 fully saturated rings. The van der Waals surface area contributed by atoms with E-state index in [4.69, 9.17) is 44.3 Å². The lowest BCUT2D eigenvalue weighted by Crippen LogP contribution is -2.16. The smallest absolute Gasteiger partial charge is 0.309 e. The van der Waals surface area contributed by atoms with Gasteiger partial charge in [-0.05, 0) is 19.4 Å². The number of benzene rings is 1. The first-order chi connectivity index (χ1) is 8.93. The number of ether oxygens (including phenoxy) is 2. The maximum absolute atomic E-state index is 11.4. The quantitative estimate of drug-likeness (QED) is 0.559. The highest BCUT2D eigenvalue weighted by atomic mass is 35.5. The second-order valence-electron chi connectivity index (χ2n) is 4.00. The van der Waals surface area contributed by atoms with Gasteiger partial charge in [-0.25, -0.2) is 0 Å². The standard InChI is InChI=1S/C13H15Cl3O3/c1-3-8(2)19-13(17)4-5-18-12-7-10(15)9(14)6-11(12)16/h6-8H,3-5H2,1-2H3. The molecule has 0 aliphatic carbocycles. The van der Waals surface area contributed by atoms with Crippen molar-refractivity contribution in [2.45, 2.75) is 32.8 Å². The fourth-order valence-electron chi connectivity index (χ4n) is 1.23. The van der Waals surface area contributed by atoms with Gasteiger partial charge in [-0.1, -0.05) is 41.7 Å². The zero-order chi connectivity index (χ0) is 14.4. The van der Waals surface area contributed by atoms with Crippen molar-refractivity contribution in [1.82, 2.24) is 0 Å². The topological polar surface area (TPSA) is 35.5 Å². The Balaban J connectivity index is 2.45. The number of hydrogen-bond donors (Lipinski definition) is 0. The summed E-state index contributed by atoms with van der Waals surface area (Å²) in [6.07, 6.45) is 0.854. The van der Waals surface area contributed by atoms with Crippen molar-refractivity contribution in [3.8, 4) is 5.75 Å². The molecule has 1 rings (SSSR count). The first-order valence-corrected chi connectivity index (χ1v) is 7.04. The van der Waals surface area contributed by atoms with Crippen molar-refractivity contribution in [2.75, 3.05) is 6.61 Å². The molecule has 6 heteroatoms. The molecule has 3 nitrogen and oxygen atoms in total. The molecule has 0 N–H and O–H groups in total. The number of halogens is 3. The van der Waals surface area contributed by atoms with E-state index < -0.39 is 0 Å². The summed E-state index contributed by atoms with van der Waals surface area (Å²) in [6, 6.07) is 3.02. The fourth-order valence-corrected chi connectivity index (χ4v) is 1.82. The lowest BCUT2D eigenvalue weighted by atomic mass is 10.3. The molecule has 0 saturated heterocycles. The van der Waals surface area contributed by atoms with E-state index in [1.807, 2.05) is 13.8 Å². The summed E-state index contributed by atoms with van der Waals surface area (Å²) in [5.74, 6) is 0.0953. The van der Waals surface area contributed by atoms with Crippen molar-refractivity contribution in [1.29, 1.82) is 0 Å². The van der Waals surface area contributed by atoms with Crippen LogP contribution in [0.25, 0.3) is 0 Å². The van der Waals surface area contributed by atoms with Gasteiger partial charge in [-0.2, -0.15) is 0 Å². The third-order valence-corrected chi connectivity index (χ3v) is 3.46. The normalized spacial score (nSPS) is 12.1. The number of hydrogen-bond acceptors (Lipinski definition) is 3. The Labute approximate surface area is 127 Å². The molecule has 0 aliphatic heterocycles. The lowest BCUT2D eigenvalue weighted by Gasteiger charge is -2.12. The van der Waals surface area contributed by atoms with Gasteiger partial charge in [0.15, 0.2) is 0 Å². The van der Waals surface area contributed by atoms with E-state index in [1.54, 1.807) is 0 Å².